The van der Waals surface area contributed by atoms with E-state index in [2.05, 4.69) is 10.1 Å². The summed E-state index contributed by atoms with van der Waals surface area (Å²) in [6, 6.07) is 1.27. The van der Waals surface area contributed by atoms with Gasteiger partial charge in [0, 0.05) is 11.8 Å². The first-order chi connectivity index (χ1) is 11.4. The molecule has 0 spiro atoms. The summed E-state index contributed by atoms with van der Waals surface area (Å²) in [4.78, 5) is 40.3. The lowest BCUT2D eigenvalue weighted by molar-refractivity contribution is -0.149. The van der Waals surface area contributed by atoms with Gasteiger partial charge in [-0.3, -0.25) is 14.7 Å². The third-order valence-electron chi connectivity index (χ3n) is 3.71. The average Bonchev–Trinajstić information content (AvgIpc) is 2.88. The Kier molecular flexibility index (Phi) is 5.38. The quantitative estimate of drug-likeness (QED) is 0.804. The van der Waals surface area contributed by atoms with Crippen LogP contribution in [0.15, 0.2) is 10.9 Å². The van der Waals surface area contributed by atoms with Crippen LogP contribution in [0.5, 0.6) is 0 Å². The fourth-order valence-corrected chi connectivity index (χ4v) is 2.17. The third-order valence-corrected chi connectivity index (χ3v) is 3.71. The van der Waals surface area contributed by atoms with E-state index in [1.165, 1.54) is 10.6 Å². The molecule has 1 N–H and O–H groups in total. The molecule has 2 heterocycles. The number of hydrogen-bond donors (Lipinski definition) is 1. The minimum absolute atomic E-state index is 0.124. The number of hydrogen-bond acceptors (Lipinski definition) is 6. The fraction of sp³-hybridized carbons (Fsp3) is 0.500. The number of nitrogens with zero attached hydrogens (tertiary/aromatic N) is 2. The van der Waals surface area contributed by atoms with Crippen molar-refractivity contribution < 1.29 is 19.1 Å². The summed E-state index contributed by atoms with van der Waals surface area (Å²) in [5.74, 6) is -1.14. The lowest BCUT2D eigenvalue weighted by atomic mass is 10.1. The van der Waals surface area contributed by atoms with Crippen molar-refractivity contribution in [1.29, 1.82) is 0 Å². The molecule has 0 saturated carbocycles. The van der Waals surface area contributed by atoms with Crippen LogP contribution in [0.2, 0.25) is 0 Å². The maximum Gasteiger partial charge on any atom is 0.343 e. The zero-order valence-corrected chi connectivity index (χ0v) is 14.2. The number of ether oxygens (including phenoxy) is 2. The van der Waals surface area contributed by atoms with Gasteiger partial charge in [-0.1, -0.05) is 13.8 Å². The molecule has 0 radical (unpaired) electrons. The highest BCUT2D eigenvalue weighted by Gasteiger charge is 2.21. The predicted molar refractivity (Wildman–Crippen MR) is 85.8 cm³/mol. The molecule has 1 unspecified atom stereocenters. The van der Waals surface area contributed by atoms with Gasteiger partial charge in [-0.05, 0) is 20.3 Å². The largest absolute Gasteiger partial charge is 0.462 e. The van der Waals surface area contributed by atoms with Crippen LogP contribution in [0.1, 0.15) is 48.9 Å². The van der Waals surface area contributed by atoms with Crippen molar-refractivity contribution in [3.63, 3.8) is 0 Å². The van der Waals surface area contributed by atoms with Gasteiger partial charge in [0.05, 0.1) is 18.2 Å². The number of rotatable bonds is 6. The number of aromatic nitrogens is 3. The molecule has 0 aromatic carbocycles. The summed E-state index contributed by atoms with van der Waals surface area (Å²) >= 11 is 0. The van der Waals surface area contributed by atoms with Crippen molar-refractivity contribution in [2.24, 2.45) is 5.92 Å². The Labute approximate surface area is 138 Å². The monoisotopic (exact) mass is 335 g/mol. The molecule has 0 saturated heterocycles. The SMILES string of the molecule is CCOC(=O)c1c(C)[nH]n2c(=O)cc(COC(=O)C(C)CC)nc12. The van der Waals surface area contributed by atoms with Gasteiger partial charge < -0.3 is 9.47 Å². The topological polar surface area (TPSA) is 103 Å². The van der Waals surface area contributed by atoms with E-state index in [0.29, 0.717) is 12.1 Å². The van der Waals surface area contributed by atoms with Crippen molar-refractivity contribution in [2.75, 3.05) is 6.61 Å². The maximum atomic E-state index is 12.2. The molecule has 2 rings (SSSR count). The number of aromatic amines is 1. The standard InChI is InChI=1S/C16H21N3O5/c1-5-9(3)15(21)24-8-11-7-12(20)19-14(17-11)13(10(4)18-19)16(22)23-6-2/h7,9,18H,5-6,8H2,1-4H3. The molecule has 0 aliphatic rings. The molecule has 2 aromatic rings. The number of aryl methyl sites for hydroxylation is 1. The second kappa shape index (κ2) is 7.29. The van der Waals surface area contributed by atoms with Crippen LogP contribution in [0.3, 0.4) is 0 Å². The number of H-pyrrole nitrogens is 1. The van der Waals surface area contributed by atoms with E-state index >= 15 is 0 Å². The van der Waals surface area contributed by atoms with E-state index in [1.807, 2.05) is 6.92 Å². The minimum atomic E-state index is -0.561. The van der Waals surface area contributed by atoms with Gasteiger partial charge in [0.2, 0.25) is 0 Å². The van der Waals surface area contributed by atoms with Crippen molar-refractivity contribution in [3.05, 3.63) is 33.4 Å². The molecule has 0 fully saturated rings. The zero-order chi connectivity index (χ0) is 17.9. The molecule has 8 nitrogen and oxygen atoms in total. The Morgan fingerprint density at radius 3 is 2.67 bits per heavy atom. The number of carbonyl (C=O) groups is 2. The Morgan fingerprint density at radius 2 is 2.04 bits per heavy atom. The first-order valence-electron chi connectivity index (χ1n) is 7.84. The van der Waals surface area contributed by atoms with Crippen molar-refractivity contribution >= 4 is 17.6 Å². The molecule has 130 valence electrons. The summed E-state index contributed by atoms with van der Waals surface area (Å²) in [7, 11) is 0. The smallest absolute Gasteiger partial charge is 0.343 e. The van der Waals surface area contributed by atoms with Gasteiger partial charge >= 0.3 is 11.9 Å². The predicted octanol–water partition coefficient (Wildman–Crippen LogP) is 1.60. The zero-order valence-electron chi connectivity index (χ0n) is 14.2. The third kappa shape index (κ3) is 3.47. The second-order valence-corrected chi connectivity index (χ2v) is 5.49. The lowest BCUT2D eigenvalue weighted by Gasteiger charge is -2.09. The summed E-state index contributed by atoms with van der Waals surface area (Å²) in [5, 5.41) is 2.79. The van der Waals surface area contributed by atoms with Crippen LogP contribution in [0, 0.1) is 12.8 Å². The van der Waals surface area contributed by atoms with Crippen LogP contribution in [-0.2, 0) is 20.9 Å². The normalized spacial score (nSPS) is 12.2. The maximum absolute atomic E-state index is 12.2. The lowest BCUT2D eigenvalue weighted by Crippen LogP contribution is -2.19. The van der Waals surface area contributed by atoms with E-state index in [0.717, 1.165) is 0 Å². The van der Waals surface area contributed by atoms with Crippen molar-refractivity contribution in [1.82, 2.24) is 14.6 Å². The summed E-state index contributed by atoms with van der Waals surface area (Å²) in [6.45, 7) is 7.09. The van der Waals surface area contributed by atoms with E-state index in [-0.39, 0.29) is 42.0 Å². The summed E-state index contributed by atoms with van der Waals surface area (Å²) in [5.41, 5.74) is 0.721. The van der Waals surface area contributed by atoms with Gasteiger partial charge in [0.15, 0.2) is 5.65 Å². The molecule has 1 atom stereocenters. The highest BCUT2D eigenvalue weighted by atomic mass is 16.5. The highest BCUT2D eigenvalue weighted by Crippen LogP contribution is 2.14. The molecular weight excluding hydrogens is 314 g/mol. The molecule has 0 aliphatic heterocycles. The average molecular weight is 335 g/mol. The Bertz CT molecular complexity index is 821. The fourth-order valence-electron chi connectivity index (χ4n) is 2.17. The molecule has 0 amide bonds. The first-order valence-corrected chi connectivity index (χ1v) is 7.84. The number of fused-ring (bicyclic) bond motifs is 1. The van der Waals surface area contributed by atoms with Crippen molar-refractivity contribution in [3.8, 4) is 0 Å². The second-order valence-electron chi connectivity index (χ2n) is 5.49. The Balaban J connectivity index is 2.37. The summed E-state index contributed by atoms with van der Waals surface area (Å²) < 4.78 is 11.3. The van der Waals surface area contributed by atoms with Crippen molar-refractivity contribution in [2.45, 2.75) is 40.7 Å². The van der Waals surface area contributed by atoms with Crippen LogP contribution < -0.4 is 5.56 Å². The van der Waals surface area contributed by atoms with Crippen LogP contribution in [0.4, 0.5) is 0 Å². The van der Waals surface area contributed by atoms with E-state index in [9.17, 15) is 14.4 Å². The van der Waals surface area contributed by atoms with Gasteiger partial charge in [-0.2, -0.15) is 0 Å². The molecule has 0 bridgehead atoms. The molecule has 2 aromatic heterocycles. The van der Waals surface area contributed by atoms with Gasteiger partial charge in [0.1, 0.15) is 12.2 Å². The summed E-state index contributed by atoms with van der Waals surface area (Å²) in [6.07, 6.45) is 0.665. The molecular formula is C16H21N3O5. The van der Waals surface area contributed by atoms with E-state index in [1.54, 1.807) is 20.8 Å². The first kappa shape index (κ1) is 17.7. The number of esters is 2. The number of nitrogens with one attached hydrogen (secondary N) is 1. The number of carbonyl (C=O) groups excluding carboxylic acids is 2. The van der Waals surface area contributed by atoms with E-state index < -0.39 is 11.5 Å². The van der Waals surface area contributed by atoms with Gasteiger partial charge in [-0.15, -0.1) is 0 Å². The molecule has 24 heavy (non-hydrogen) atoms. The van der Waals surface area contributed by atoms with Gasteiger partial charge in [-0.25, -0.2) is 14.3 Å². The van der Waals surface area contributed by atoms with Crippen LogP contribution in [-0.4, -0.2) is 33.1 Å². The minimum Gasteiger partial charge on any atom is -0.462 e. The van der Waals surface area contributed by atoms with Crippen LogP contribution in [0.25, 0.3) is 5.65 Å². The van der Waals surface area contributed by atoms with E-state index in [4.69, 9.17) is 9.47 Å². The highest BCUT2D eigenvalue weighted by molar-refractivity contribution is 5.97. The Hall–Kier alpha value is -2.64. The van der Waals surface area contributed by atoms with Crippen LogP contribution >= 0.6 is 0 Å². The Morgan fingerprint density at radius 1 is 1.33 bits per heavy atom. The molecule has 8 heteroatoms. The molecule has 0 aliphatic carbocycles. The van der Waals surface area contributed by atoms with Gasteiger partial charge in [0.25, 0.3) is 5.56 Å².